The maximum atomic E-state index is 12.4. The maximum absolute atomic E-state index is 12.4. The van der Waals surface area contributed by atoms with Gasteiger partial charge in [0.05, 0.1) is 6.54 Å². The lowest BCUT2D eigenvalue weighted by atomic mass is 9.64. The Morgan fingerprint density at radius 1 is 1.11 bits per heavy atom. The first kappa shape index (κ1) is 19.0. The number of hydrogen-bond acceptors (Lipinski definition) is 4. The Kier molecular flexibility index (Phi) is 5.34. The summed E-state index contributed by atoms with van der Waals surface area (Å²) in [5.41, 5.74) is 0.266. The van der Waals surface area contributed by atoms with Crippen molar-refractivity contribution in [1.29, 1.82) is 0 Å². The quantitative estimate of drug-likeness (QED) is 0.774. The van der Waals surface area contributed by atoms with Gasteiger partial charge in [0, 0.05) is 31.7 Å². The molecule has 0 aromatic carbocycles. The molecule has 152 valence electrons. The zero-order valence-electron chi connectivity index (χ0n) is 16.5. The molecule has 1 atom stereocenters. The summed E-state index contributed by atoms with van der Waals surface area (Å²) in [7, 11) is 1.84. The predicted octanol–water partition coefficient (Wildman–Crippen LogP) is 1.44. The van der Waals surface area contributed by atoms with E-state index in [1.807, 2.05) is 7.05 Å². The Hall–Kier alpha value is -1.34. The number of amides is 2. The van der Waals surface area contributed by atoms with E-state index >= 15 is 0 Å². The van der Waals surface area contributed by atoms with Crippen molar-refractivity contribution < 1.29 is 14.7 Å². The predicted molar refractivity (Wildman–Crippen MR) is 103 cm³/mol. The number of carbonyl (C=O) groups excluding carboxylic acids is 1. The Morgan fingerprint density at radius 2 is 1.85 bits per heavy atom. The van der Waals surface area contributed by atoms with Crippen molar-refractivity contribution in [3.8, 4) is 0 Å². The van der Waals surface area contributed by atoms with Crippen LogP contribution in [0.2, 0.25) is 0 Å². The molecule has 3 heterocycles. The highest BCUT2D eigenvalue weighted by Gasteiger charge is 2.51. The lowest BCUT2D eigenvalue weighted by molar-refractivity contribution is -0.132. The largest absolute Gasteiger partial charge is 0.465 e. The number of hydrogen-bond donors (Lipinski definition) is 2. The molecule has 2 amide bonds. The summed E-state index contributed by atoms with van der Waals surface area (Å²) in [6.07, 6.45) is 7.30. The summed E-state index contributed by atoms with van der Waals surface area (Å²) >= 11 is 0. The van der Waals surface area contributed by atoms with Crippen molar-refractivity contribution in [2.24, 2.45) is 11.3 Å². The fraction of sp³-hybridized carbons (Fsp3) is 0.900. The molecule has 27 heavy (non-hydrogen) atoms. The number of carbonyl (C=O) groups is 2. The summed E-state index contributed by atoms with van der Waals surface area (Å²) in [5.74, 6) is 0.903. The topological polar surface area (TPSA) is 76.1 Å². The fourth-order valence-corrected chi connectivity index (χ4v) is 6.14. The van der Waals surface area contributed by atoms with Crippen molar-refractivity contribution in [2.45, 2.75) is 57.0 Å². The first-order valence-corrected chi connectivity index (χ1v) is 10.7. The van der Waals surface area contributed by atoms with Crippen molar-refractivity contribution in [3.05, 3.63) is 0 Å². The van der Waals surface area contributed by atoms with Crippen LogP contribution >= 0.6 is 0 Å². The normalized spacial score (nSPS) is 35.0. The number of likely N-dealkylation sites (tertiary alicyclic amines) is 3. The van der Waals surface area contributed by atoms with E-state index in [-0.39, 0.29) is 11.3 Å². The van der Waals surface area contributed by atoms with Gasteiger partial charge in [-0.2, -0.15) is 0 Å². The maximum Gasteiger partial charge on any atom is 0.407 e. The second-order valence-corrected chi connectivity index (χ2v) is 9.22. The molecule has 1 unspecified atom stereocenters. The molecule has 0 bridgehead atoms. The third-order valence-electron chi connectivity index (χ3n) is 7.63. The molecule has 4 rings (SSSR count). The standard InChI is InChI=1S/C20H34N4O3/c1-21-13-18(25)24-7-2-3-17(24)15-4-8-22(9-5-15)16-11-20(12-16)6-10-23(14-20)19(26)27/h15-17,21H,2-14H2,1H3,(H,26,27). The number of rotatable bonds is 4. The van der Waals surface area contributed by atoms with Crippen molar-refractivity contribution in [2.75, 3.05) is 46.3 Å². The van der Waals surface area contributed by atoms with Crippen molar-refractivity contribution in [1.82, 2.24) is 20.0 Å². The van der Waals surface area contributed by atoms with E-state index < -0.39 is 6.09 Å². The fourth-order valence-electron chi connectivity index (χ4n) is 6.14. The zero-order valence-corrected chi connectivity index (χ0v) is 16.5. The monoisotopic (exact) mass is 378 g/mol. The van der Waals surface area contributed by atoms with Crippen LogP contribution < -0.4 is 5.32 Å². The van der Waals surface area contributed by atoms with E-state index in [0.29, 0.717) is 31.1 Å². The van der Waals surface area contributed by atoms with E-state index in [0.717, 1.165) is 58.3 Å². The second-order valence-electron chi connectivity index (χ2n) is 9.22. The van der Waals surface area contributed by atoms with Crippen LogP contribution in [0.3, 0.4) is 0 Å². The van der Waals surface area contributed by atoms with Gasteiger partial charge in [-0.3, -0.25) is 4.79 Å². The molecule has 1 aliphatic carbocycles. The van der Waals surface area contributed by atoms with Gasteiger partial charge in [0.2, 0.25) is 5.91 Å². The number of likely N-dealkylation sites (N-methyl/N-ethyl adjacent to an activating group) is 1. The third-order valence-corrected chi connectivity index (χ3v) is 7.63. The first-order valence-electron chi connectivity index (χ1n) is 10.7. The van der Waals surface area contributed by atoms with E-state index in [1.54, 1.807) is 4.90 Å². The molecule has 0 aromatic heterocycles. The third kappa shape index (κ3) is 3.68. The number of piperidine rings is 1. The van der Waals surface area contributed by atoms with Crippen LogP contribution in [0.1, 0.15) is 44.9 Å². The van der Waals surface area contributed by atoms with Crippen molar-refractivity contribution >= 4 is 12.0 Å². The Bertz CT molecular complexity index is 570. The number of carboxylic acid groups (broad SMARTS) is 1. The lowest BCUT2D eigenvalue weighted by Gasteiger charge is -2.52. The minimum atomic E-state index is -0.759. The van der Waals surface area contributed by atoms with Crippen LogP contribution in [0.25, 0.3) is 0 Å². The highest BCUT2D eigenvalue weighted by atomic mass is 16.4. The average molecular weight is 379 g/mol. The van der Waals surface area contributed by atoms with Crippen LogP contribution in [0, 0.1) is 11.3 Å². The molecule has 7 nitrogen and oxygen atoms in total. The zero-order chi connectivity index (χ0) is 19.0. The van der Waals surface area contributed by atoms with Crippen LogP contribution in [-0.4, -0.2) is 90.2 Å². The molecule has 4 aliphatic rings. The molecule has 2 N–H and O–H groups in total. The van der Waals surface area contributed by atoms with Gasteiger partial charge in [-0.1, -0.05) is 0 Å². The van der Waals surface area contributed by atoms with Gasteiger partial charge < -0.3 is 25.1 Å². The summed E-state index contributed by atoms with van der Waals surface area (Å²) in [6.45, 7) is 5.10. The van der Waals surface area contributed by atoms with Gasteiger partial charge in [0.1, 0.15) is 0 Å². The Morgan fingerprint density at radius 3 is 2.48 bits per heavy atom. The highest BCUT2D eigenvalue weighted by molar-refractivity contribution is 5.78. The summed E-state index contributed by atoms with van der Waals surface area (Å²) in [5, 5.41) is 12.2. The molecule has 3 saturated heterocycles. The first-order chi connectivity index (χ1) is 13.0. The van der Waals surface area contributed by atoms with Gasteiger partial charge in [0.25, 0.3) is 0 Å². The summed E-state index contributed by atoms with van der Waals surface area (Å²) < 4.78 is 0. The Labute approximate surface area is 162 Å². The molecular weight excluding hydrogens is 344 g/mol. The molecule has 4 fully saturated rings. The van der Waals surface area contributed by atoms with Crippen LogP contribution in [0.15, 0.2) is 0 Å². The lowest BCUT2D eigenvalue weighted by Crippen LogP contribution is -2.55. The second kappa shape index (κ2) is 7.59. The van der Waals surface area contributed by atoms with Gasteiger partial charge in [0.15, 0.2) is 0 Å². The smallest absolute Gasteiger partial charge is 0.407 e. The van der Waals surface area contributed by atoms with Crippen LogP contribution in [0.5, 0.6) is 0 Å². The van der Waals surface area contributed by atoms with Crippen LogP contribution in [-0.2, 0) is 4.79 Å². The number of nitrogens with one attached hydrogen (secondary N) is 1. The van der Waals surface area contributed by atoms with Crippen LogP contribution in [0.4, 0.5) is 4.79 Å². The van der Waals surface area contributed by atoms with Gasteiger partial charge in [-0.15, -0.1) is 0 Å². The van der Waals surface area contributed by atoms with Gasteiger partial charge in [-0.25, -0.2) is 4.79 Å². The molecule has 0 aromatic rings. The van der Waals surface area contributed by atoms with Gasteiger partial charge >= 0.3 is 6.09 Å². The molecule has 0 radical (unpaired) electrons. The minimum absolute atomic E-state index is 0.257. The Balaban J connectivity index is 1.24. The van der Waals surface area contributed by atoms with Crippen molar-refractivity contribution in [3.63, 3.8) is 0 Å². The minimum Gasteiger partial charge on any atom is -0.465 e. The van der Waals surface area contributed by atoms with E-state index in [1.165, 1.54) is 12.8 Å². The molecule has 1 spiro atoms. The molecule has 1 saturated carbocycles. The van der Waals surface area contributed by atoms with E-state index in [2.05, 4.69) is 15.1 Å². The van der Waals surface area contributed by atoms with E-state index in [9.17, 15) is 14.7 Å². The SMILES string of the molecule is CNCC(=O)N1CCCC1C1CCN(C2CC3(CCN(C(=O)O)C3)C2)CC1. The summed E-state index contributed by atoms with van der Waals surface area (Å²) in [6, 6.07) is 1.09. The average Bonchev–Trinajstić information content (AvgIpc) is 3.28. The number of nitrogens with zero attached hydrogens (tertiary/aromatic N) is 3. The molecule has 3 aliphatic heterocycles. The van der Waals surface area contributed by atoms with Gasteiger partial charge in [-0.05, 0) is 76.4 Å². The summed E-state index contributed by atoms with van der Waals surface area (Å²) in [4.78, 5) is 29.9. The molecular formula is C20H34N4O3. The highest BCUT2D eigenvalue weighted by Crippen LogP contribution is 2.50. The van der Waals surface area contributed by atoms with E-state index in [4.69, 9.17) is 0 Å². The molecule has 7 heteroatoms.